The summed E-state index contributed by atoms with van der Waals surface area (Å²) in [4.78, 5) is 24.8. The van der Waals surface area contributed by atoms with Crippen molar-refractivity contribution < 1.29 is 4.79 Å². The van der Waals surface area contributed by atoms with E-state index in [-0.39, 0.29) is 17.6 Å². The second-order valence-electron chi connectivity index (χ2n) is 5.40. The highest BCUT2D eigenvalue weighted by atomic mass is 35.5. The number of nitrogens with one attached hydrogen (secondary N) is 1. The molecule has 126 valence electrons. The zero-order valence-electron chi connectivity index (χ0n) is 13.3. The molecule has 0 aliphatic carbocycles. The lowest BCUT2D eigenvalue weighted by Gasteiger charge is -2.13. The number of aromatic nitrogens is 3. The number of pyridine rings is 1. The summed E-state index contributed by atoms with van der Waals surface area (Å²) < 4.78 is 0. The Kier molecular flexibility index (Phi) is 5.26. The number of hydrogen-bond donors (Lipinski definition) is 1. The number of carbonyl (C=O) groups excluding carboxylic acids is 1. The molecule has 7 heteroatoms. The van der Waals surface area contributed by atoms with Gasteiger partial charge in [0.05, 0.1) is 21.8 Å². The lowest BCUT2D eigenvalue weighted by Crippen LogP contribution is -2.27. The number of hydrogen-bond acceptors (Lipinski definition) is 4. The summed E-state index contributed by atoms with van der Waals surface area (Å²) in [7, 11) is 0. The van der Waals surface area contributed by atoms with Gasteiger partial charge in [0.15, 0.2) is 0 Å². The van der Waals surface area contributed by atoms with Gasteiger partial charge in [-0.2, -0.15) is 0 Å². The Morgan fingerprint density at radius 1 is 1.12 bits per heavy atom. The van der Waals surface area contributed by atoms with Crippen LogP contribution in [0.5, 0.6) is 0 Å². The van der Waals surface area contributed by atoms with Crippen molar-refractivity contribution in [3.05, 3.63) is 76.4 Å². The van der Waals surface area contributed by atoms with Crippen molar-refractivity contribution in [3.8, 4) is 11.3 Å². The number of nitrogens with zero attached hydrogens (tertiary/aromatic N) is 3. The van der Waals surface area contributed by atoms with Gasteiger partial charge in [0.2, 0.25) is 0 Å². The van der Waals surface area contributed by atoms with Gasteiger partial charge in [-0.05, 0) is 36.8 Å². The molecule has 2 aromatic heterocycles. The summed E-state index contributed by atoms with van der Waals surface area (Å²) in [5.41, 5.74) is 2.53. The summed E-state index contributed by atoms with van der Waals surface area (Å²) in [6.45, 7) is 1.88. The zero-order chi connectivity index (χ0) is 17.8. The van der Waals surface area contributed by atoms with E-state index in [4.69, 9.17) is 23.2 Å². The summed E-state index contributed by atoms with van der Waals surface area (Å²) >= 11 is 12.0. The van der Waals surface area contributed by atoms with E-state index in [9.17, 15) is 4.79 Å². The molecule has 1 aromatic carbocycles. The van der Waals surface area contributed by atoms with Gasteiger partial charge in [-0.15, -0.1) is 0 Å². The topological polar surface area (TPSA) is 67.8 Å². The molecule has 0 radical (unpaired) electrons. The van der Waals surface area contributed by atoms with Crippen molar-refractivity contribution >= 4 is 29.1 Å². The van der Waals surface area contributed by atoms with Crippen molar-refractivity contribution in [1.82, 2.24) is 20.3 Å². The predicted octanol–water partition coefficient (Wildman–Crippen LogP) is 4.34. The minimum absolute atomic E-state index is 0.190. The summed E-state index contributed by atoms with van der Waals surface area (Å²) in [6, 6.07) is 10.3. The van der Waals surface area contributed by atoms with Crippen LogP contribution in [0.2, 0.25) is 10.0 Å². The van der Waals surface area contributed by atoms with Crippen LogP contribution in [0, 0.1) is 0 Å². The standard InChI is InChI=1S/C18H14Cl2N4O/c1-11(13-3-2-6-21-9-13)24-18(25)17-8-16(22-10-23-17)12-4-5-14(19)15(20)7-12/h2-11H,1H3,(H,24,25). The van der Waals surface area contributed by atoms with Crippen LogP contribution in [0.4, 0.5) is 0 Å². The number of halogens is 2. The van der Waals surface area contributed by atoms with Gasteiger partial charge < -0.3 is 5.32 Å². The average molecular weight is 373 g/mol. The van der Waals surface area contributed by atoms with E-state index in [0.29, 0.717) is 15.7 Å². The van der Waals surface area contributed by atoms with Gasteiger partial charge in [0, 0.05) is 18.0 Å². The summed E-state index contributed by atoms with van der Waals surface area (Å²) in [5, 5.41) is 3.78. The van der Waals surface area contributed by atoms with Crippen molar-refractivity contribution in [3.63, 3.8) is 0 Å². The molecule has 0 spiro atoms. The van der Waals surface area contributed by atoms with Crippen molar-refractivity contribution in [2.75, 3.05) is 0 Å². The fourth-order valence-electron chi connectivity index (χ4n) is 2.28. The Morgan fingerprint density at radius 3 is 2.68 bits per heavy atom. The minimum Gasteiger partial charge on any atom is -0.344 e. The Bertz CT molecular complexity index is 903. The third-order valence-electron chi connectivity index (χ3n) is 3.65. The second kappa shape index (κ2) is 7.59. The van der Waals surface area contributed by atoms with Crippen molar-refractivity contribution in [2.45, 2.75) is 13.0 Å². The van der Waals surface area contributed by atoms with Gasteiger partial charge >= 0.3 is 0 Å². The highest BCUT2D eigenvalue weighted by Gasteiger charge is 2.14. The molecule has 2 heterocycles. The normalized spacial score (nSPS) is 11.8. The van der Waals surface area contributed by atoms with Gasteiger partial charge in [-0.25, -0.2) is 9.97 Å². The smallest absolute Gasteiger partial charge is 0.270 e. The maximum atomic E-state index is 12.5. The molecule has 0 aliphatic rings. The van der Waals surface area contributed by atoms with Crippen LogP contribution in [0.3, 0.4) is 0 Å². The third-order valence-corrected chi connectivity index (χ3v) is 4.39. The van der Waals surface area contributed by atoms with E-state index in [1.54, 1.807) is 36.7 Å². The molecule has 3 rings (SSSR count). The van der Waals surface area contributed by atoms with Crippen LogP contribution in [0.25, 0.3) is 11.3 Å². The summed E-state index contributed by atoms with van der Waals surface area (Å²) in [5.74, 6) is -0.292. The lowest BCUT2D eigenvalue weighted by molar-refractivity contribution is 0.0934. The van der Waals surface area contributed by atoms with E-state index < -0.39 is 0 Å². The molecular formula is C18H14Cl2N4O. The van der Waals surface area contributed by atoms with E-state index >= 15 is 0 Å². The predicted molar refractivity (Wildman–Crippen MR) is 97.6 cm³/mol. The van der Waals surface area contributed by atoms with Gasteiger partial charge in [0.25, 0.3) is 5.91 Å². The maximum Gasteiger partial charge on any atom is 0.270 e. The molecule has 5 nitrogen and oxygen atoms in total. The Morgan fingerprint density at radius 2 is 1.96 bits per heavy atom. The highest BCUT2D eigenvalue weighted by molar-refractivity contribution is 6.42. The SMILES string of the molecule is CC(NC(=O)c1cc(-c2ccc(Cl)c(Cl)c2)ncn1)c1cccnc1. The van der Waals surface area contributed by atoms with Crippen LogP contribution in [0.15, 0.2) is 55.1 Å². The summed E-state index contributed by atoms with van der Waals surface area (Å²) in [6.07, 6.45) is 4.75. The molecule has 3 aromatic rings. The molecule has 1 N–H and O–H groups in total. The van der Waals surface area contributed by atoms with Crippen LogP contribution in [0.1, 0.15) is 29.0 Å². The van der Waals surface area contributed by atoms with Crippen molar-refractivity contribution in [1.29, 1.82) is 0 Å². The Hall–Kier alpha value is -2.50. The molecule has 0 aliphatic heterocycles. The average Bonchev–Trinajstić information content (AvgIpc) is 2.64. The van der Waals surface area contributed by atoms with Crippen LogP contribution >= 0.6 is 23.2 Å². The Balaban J connectivity index is 1.81. The number of rotatable bonds is 4. The first-order valence-electron chi connectivity index (χ1n) is 7.53. The van der Waals surface area contributed by atoms with Crippen LogP contribution in [-0.4, -0.2) is 20.9 Å². The largest absolute Gasteiger partial charge is 0.344 e. The van der Waals surface area contributed by atoms with E-state index in [2.05, 4.69) is 20.3 Å². The van der Waals surface area contributed by atoms with Crippen molar-refractivity contribution in [2.24, 2.45) is 0 Å². The molecule has 0 bridgehead atoms. The monoisotopic (exact) mass is 372 g/mol. The first kappa shape index (κ1) is 17.3. The fraction of sp³-hybridized carbons (Fsp3) is 0.111. The number of amides is 1. The van der Waals surface area contributed by atoms with E-state index in [1.807, 2.05) is 19.1 Å². The molecule has 1 atom stereocenters. The zero-order valence-corrected chi connectivity index (χ0v) is 14.8. The molecule has 0 saturated heterocycles. The van der Waals surface area contributed by atoms with Crippen LogP contribution < -0.4 is 5.32 Å². The molecule has 25 heavy (non-hydrogen) atoms. The van der Waals surface area contributed by atoms with E-state index in [0.717, 1.165) is 11.1 Å². The van der Waals surface area contributed by atoms with Crippen LogP contribution in [-0.2, 0) is 0 Å². The third kappa shape index (κ3) is 4.13. The second-order valence-corrected chi connectivity index (χ2v) is 6.21. The molecule has 0 saturated carbocycles. The maximum absolute atomic E-state index is 12.5. The van der Waals surface area contributed by atoms with Gasteiger partial charge in [-0.1, -0.05) is 35.3 Å². The number of benzene rings is 1. The first-order valence-corrected chi connectivity index (χ1v) is 8.28. The molecule has 0 fully saturated rings. The molecule has 1 unspecified atom stereocenters. The molecule has 1 amide bonds. The first-order chi connectivity index (χ1) is 12.0. The highest BCUT2D eigenvalue weighted by Crippen LogP contribution is 2.27. The Labute approximate surface area is 155 Å². The quantitative estimate of drug-likeness (QED) is 0.739. The number of carbonyl (C=O) groups is 1. The van der Waals surface area contributed by atoms with Gasteiger partial charge in [-0.3, -0.25) is 9.78 Å². The van der Waals surface area contributed by atoms with E-state index in [1.165, 1.54) is 6.33 Å². The fourth-order valence-corrected chi connectivity index (χ4v) is 2.58. The minimum atomic E-state index is -0.292. The lowest BCUT2D eigenvalue weighted by atomic mass is 10.1. The van der Waals surface area contributed by atoms with Gasteiger partial charge in [0.1, 0.15) is 12.0 Å². The molecular weight excluding hydrogens is 359 g/mol.